The van der Waals surface area contributed by atoms with Gasteiger partial charge in [-0.05, 0) is 30.5 Å². The Morgan fingerprint density at radius 2 is 1.70 bits per heavy atom. The van der Waals surface area contributed by atoms with Gasteiger partial charge in [-0.1, -0.05) is 30.7 Å². The second-order valence-corrected chi connectivity index (χ2v) is 8.42. The van der Waals surface area contributed by atoms with Gasteiger partial charge in [0.1, 0.15) is 6.54 Å². The molecule has 0 atom stereocenters. The summed E-state index contributed by atoms with van der Waals surface area (Å²) in [5.74, 6) is -0.353. The van der Waals surface area contributed by atoms with E-state index in [1.54, 1.807) is 36.4 Å². The number of aromatic nitrogens is 1. The summed E-state index contributed by atoms with van der Waals surface area (Å²) < 4.78 is 28.7. The first-order chi connectivity index (χ1) is 13.0. The molecule has 2 aromatic rings. The number of hydrogen-bond acceptors (Lipinski definition) is 4. The van der Waals surface area contributed by atoms with Crippen LogP contribution < -0.4 is 10.9 Å². The van der Waals surface area contributed by atoms with E-state index in [0.29, 0.717) is 18.7 Å². The number of carbonyl (C=O) groups excluding carboxylic acids is 1. The van der Waals surface area contributed by atoms with Crippen molar-refractivity contribution in [3.05, 3.63) is 64.6 Å². The van der Waals surface area contributed by atoms with Crippen LogP contribution in [0.15, 0.2) is 58.4 Å². The molecule has 1 N–H and O–H groups in total. The molecule has 0 spiro atoms. The summed E-state index contributed by atoms with van der Waals surface area (Å²) in [6.45, 7) is 1.03. The number of piperidine rings is 1. The molecule has 1 aliphatic rings. The molecule has 7 nitrogen and oxygen atoms in total. The van der Waals surface area contributed by atoms with Crippen LogP contribution >= 0.6 is 0 Å². The lowest BCUT2D eigenvalue weighted by Crippen LogP contribution is -2.36. The average molecular weight is 389 g/mol. The number of nitrogens with zero attached hydrogens (tertiary/aromatic N) is 2. The highest BCUT2D eigenvalue weighted by molar-refractivity contribution is 7.89. The van der Waals surface area contributed by atoms with E-state index in [0.717, 1.165) is 19.3 Å². The van der Waals surface area contributed by atoms with Crippen LogP contribution in [0.2, 0.25) is 0 Å². The molecule has 8 heteroatoms. The first-order valence-electron chi connectivity index (χ1n) is 8.99. The third-order valence-electron chi connectivity index (χ3n) is 4.59. The largest absolute Gasteiger partial charge is 0.350 e. The van der Waals surface area contributed by atoms with Crippen molar-refractivity contribution in [2.45, 2.75) is 37.2 Å². The number of rotatable bonds is 6. The Morgan fingerprint density at radius 1 is 1.00 bits per heavy atom. The molecule has 0 radical (unpaired) electrons. The van der Waals surface area contributed by atoms with Gasteiger partial charge in [-0.3, -0.25) is 9.59 Å². The molecule has 0 saturated carbocycles. The lowest BCUT2D eigenvalue weighted by Gasteiger charge is -2.26. The van der Waals surface area contributed by atoms with Gasteiger partial charge in [-0.15, -0.1) is 0 Å². The fraction of sp³-hybridized carbons (Fsp3) is 0.368. The Bertz CT molecular complexity index is 963. The zero-order chi connectivity index (χ0) is 19.3. The zero-order valence-corrected chi connectivity index (χ0v) is 15.8. The van der Waals surface area contributed by atoms with Crippen molar-refractivity contribution in [2.75, 3.05) is 13.1 Å². The fourth-order valence-electron chi connectivity index (χ4n) is 3.14. The van der Waals surface area contributed by atoms with Gasteiger partial charge in [0.05, 0.1) is 4.90 Å². The highest BCUT2D eigenvalue weighted by atomic mass is 32.2. The Labute approximate surface area is 158 Å². The summed E-state index contributed by atoms with van der Waals surface area (Å²) in [5, 5.41) is 2.71. The summed E-state index contributed by atoms with van der Waals surface area (Å²) in [6, 6.07) is 11.4. The minimum atomic E-state index is -3.58. The van der Waals surface area contributed by atoms with E-state index in [1.165, 1.54) is 21.1 Å². The van der Waals surface area contributed by atoms with Crippen molar-refractivity contribution in [3.63, 3.8) is 0 Å². The van der Waals surface area contributed by atoms with Gasteiger partial charge in [0.25, 0.3) is 5.56 Å². The van der Waals surface area contributed by atoms with E-state index < -0.39 is 10.0 Å². The molecule has 144 valence electrons. The van der Waals surface area contributed by atoms with Gasteiger partial charge >= 0.3 is 0 Å². The molecule has 1 aliphatic heterocycles. The number of hydrogen-bond donors (Lipinski definition) is 1. The van der Waals surface area contributed by atoms with E-state index in [4.69, 9.17) is 0 Å². The first-order valence-corrected chi connectivity index (χ1v) is 10.4. The van der Waals surface area contributed by atoms with Crippen LogP contribution in [0.3, 0.4) is 0 Å². The summed E-state index contributed by atoms with van der Waals surface area (Å²) >= 11 is 0. The van der Waals surface area contributed by atoms with Gasteiger partial charge in [0.15, 0.2) is 0 Å². The van der Waals surface area contributed by atoms with Crippen molar-refractivity contribution in [1.82, 2.24) is 14.2 Å². The topological polar surface area (TPSA) is 88.5 Å². The van der Waals surface area contributed by atoms with Gasteiger partial charge in [0.2, 0.25) is 15.9 Å². The second kappa shape index (κ2) is 8.49. The van der Waals surface area contributed by atoms with E-state index in [-0.39, 0.29) is 29.5 Å². The van der Waals surface area contributed by atoms with E-state index in [1.807, 2.05) is 0 Å². The standard InChI is InChI=1S/C19H23N3O4S/c23-18(15-21-11-7-4-10-19(21)24)20-14-16-8-2-3-9-17(16)27(25,26)22-12-5-1-6-13-22/h2-4,7-11H,1,5-6,12-15H2,(H,20,23). The normalized spacial score (nSPS) is 15.4. The van der Waals surface area contributed by atoms with Gasteiger partial charge in [0, 0.05) is 31.9 Å². The molecular weight excluding hydrogens is 366 g/mol. The molecule has 1 amide bonds. The van der Waals surface area contributed by atoms with E-state index in [9.17, 15) is 18.0 Å². The van der Waals surface area contributed by atoms with E-state index in [2.05, 4.69) is 5.32 Å². The lowest BCUT2D eigenvalue weighted by atomic mass is 10.2. The van der Waals surface area contributed by atoms with Crippen LogP contribution in [0.25, 0.3) is 0 Å². The maximum Gasteiger partial charge on any atom is 0.250 e. The van der Waals surface area contributed by atoms with E-state index >= 15 is 0 Å². The maximum absolute atomic E-state index is 13.0. The number of benzene rings is 1. The molecule has 1 aromatic heterocycles. The maximum atomic E-state index is 13.0. The Morgan fingerprint density at radius 3 is 2.44 bits per heavy atom. The third-order valence-corrected chi connectivity index (χ3v) is 6.59. The summed E-state index contributed by atoms with van der Waals surface area (Å²) in [7, 11) is -3.58. The lowest BCUT2D eigenvalue weighted by molar-refractivity contribution is -0.121. The number of pyridine rings is 1. The molecule has 0 aliphatic carbocycles. The Hall–Kier alpha value is -2.45. The van der Waals surface area contributed by atoms with Crippen LogP contribution in [0.4, 0.5) is 0 Å². The second-order valence-electron chi connectivity index (χ2n) is 6.52. The quantitative estimate of drug-likeness (QED) is 0.808. The highest BCUT2D eigenvalue weighted by Crippen LogP contribution is 2.23. The van der Waals surface area contributed by atoms with Gasteiger partial charge in [-0.2, -0.15) is 4.31 Å². The molecule has 1 fully saturated rings. The van der Waals surface area contributed by atoms with Gasteiger partial charge in [-0.25, -0.2) is 8.42 Å². The average Bonchev–Trinajstić information content (AvgIpc) is 2.69. The number of carbonyl (C=O) groups is 1. The van der Waals surface area contributed by atoms with Crippen molar-refractivity contribution >= 4 is 15.9 Å². The molecule has 1 saturated heterocycles. The molecule has 2 heterocycles. The summed E-state index contributed by atoms with van der Waals surface area (Å²) in [4.78, 5) is 24.1. The number of nitrogens with one attached hydrogen (secondary N) is 1. The van der Waals surface area contributed by atoms with Crippen molar-refractivity contribution in [1.29, 1.82) is 0 Å². The monoisotopic (exact) mass is 389 g/mol. The molecule has 0 unspecified atom stereocenters. The predicted octanol–water partition coefficient (Wildman–Crippen LogP) is 1.34. The van der Waals surface area contributed by atoms with Crippen LogP contribution in [0.1, 0.15) is 24.8 Å². The molecular formula is C19H23N3O4S. The minimum Gasteiger partial charge on any atom is -0.350 e. The van der Waals surface area contributed by atoms with Crippen LogP contribution in [0, 0.1) is 0 Å². The van der Waals surface area contributed by atoms with Crippen molar-refractivity contribution < 1.29 is 13.2 Å². The molecule has 0 bridgehead atoms. The van der Waals surface area contributed by atoms with Crippen molar-refractivity contribution in [3.8, 4) is 0 Å². The summed E-state index contributed by atoms with van der Waals surface area (Å²) in [5.41, 5.74) is 0.276. The van der Waals surface area contributed by atoms with Crippen molar-refractivity contribution in [2.24, 2.45) is 0 Å². The van der Waals surface area contributed by atoms with Crippen LogP contribution in [0.5, 0.6) is 0 Å². The van der Waals surface area contributed by atoms with Crippen LogP contribution in [-0.4, -0.2) is 36.3 Å². The van der Waals surface area contributed by atoms with Crippen LogP contribution in [-0.2, 0) is 27.9 Å². The van der Waals surface area contributed by atoms with Gasteiger partial charge < -0.3 is 9.88 Å². The third kappa shape index (κ3) is 4.64. The summed E-state index contributed by atoms with van der Waals surface area (Å²) in [6.07, 6.45) is 4.31. The Kier molecular flexibility index (Phi) is 6.08. The smallest absolute Gasteiger partial charge is 0.250 e. The Balaban J connectivity index is 1.72. The number of amides is 1. The fourth-order valence-corrected chi connectivity index (χ4v) is 4.88. The molecule has 1 aromatic carbocycles. The zero-order valence-electron chi connectivity index (χ0n) is 15.0. The SMILES string of the molecule is O=C(Cn1ccccc1=O)NCc1ccccc1S(=O)(=O)N1CCCCC1. The number of sulfonamides is 1. The molecule has 3 rings (SSSR count). The minimum absolute atomic E-state index is 0.0870. The first kappa shape index (κ1) is 19.3. The predicted molar refractivity (Wildman–Crippen MR) is 102 cm³/mol. The highest BCUT2D eigenvalue weighted by Gasteiger charge is 2.27. The molecule has 27 heavy (non-hydrogen) atoms.